The van der Waals surface area contributed by atoms with Gasteiger partial charge >= 0.3 is 11.9 Å². The molecule has 28 heavy (non-hydrogen) atoms. The zero-order valence-electron chi connectivity index (χ0n) is 18.1. The number of rotatable bonds is 6. The highest BCUT2D eigenvalue weighted by molar-refractivity contribution is 9.09. The summed E-state index contributed by atoms with van der Waals surface area (Å²) in [6.45, 7) is 14.1. The van der Waals surface area contributed by atoms with Crippen LogP contribution in [0.5, 0.6) is 0 Å². The minimum Gasteiger partial charge on any atom is -0.460 e. The Labute approximate surface area is 177 Å². The van der Waals surface area contributed by atoms with Crippen molar-refractivity contribution in [2.75, 3.05) is 38.3 Å². The Hall–Kier alpha value is -0.700. The molecule has 2 rings (SSSR count). The molecular weight excluding hydrogens is 430 g/mol. The molecule has 2 heterocycles. The van der Waals surface area contributed by atoms with Crippen LogP contribution < -0.4 is 5.73 Å². The van der Waals surface area contributed by atoms with Gasteiger partial charge in [0, 0.05) is 22.7 Å². The zero-order valence-corrected chi connectivity index (χ0v) is 19.6. The summed E-state index contributed by atoms with van der Waals surface area (Å²) in [5.41, 5.74) is 4.59. The van der Waals surface area contributed by atoms with E-state index in [1.54, 1.807) is 0 Å². The van der Waals surface area contributed by atoms with Crippen LogP contribution in [-0.4, -0.2) is 61.4 Å². The Balaban J connectivity index is 0.000000280. The van der Waals surface area contributed by atoms with E-state index >= 15 is 0 Å². The molecule has 164 valence electrons. The summed E-state index contributed by atoms with van der Waals surface area (Å²) in [6, 6.07) is 0. The van der Waals surface area contributed by atoms with Crippen molar-refractivity contribution in [3.05, 3.63) is 0 Å². The number of alkyl halides is 1. The minimum absolute atomic E-state index is 0.0255. The molecule has 7 nitrogen and oxygen atoms in total. The Morgan fingerprint density at radius 2 is 1.21 bits per heavy atom. The second-order valence-corrected chi connectivity index (χ2v) is 10.4. The number of esters is 2. The Kier molecular flexibility index (Phi) is 8.93. The lowest BCUT2D eigenvalue weighted by Gasteiger charge is -2.40. The lowest BCUT2D eigenvalue weighted by molar-refractivity contribution is -0.170. The van der Waals surface area contributed by atoms with Crippen molar-refractivity contribution in [3.63, 3.8) is 0 Å². The fourth-order valence-electron chi connectivity index (χ4n) is 2.67. The second kappa shape index (κ2) is 9.87. The molecule has 0 radical (unpaired) electrons. The van der Waals surface area contributed by atoms with E-state index in [0.29, 0.717) is 45.8 Å². The summed E-state index contributed by atoms with van der Waals surface area (Å²) >= 11 is 3.40. The van der Waals surface area contributed by atoms with E-state index in [1.165, 1.54) is 0 Å². The molecule has 0 aromatic carbocycles. The van der Waals surface area contributed by atoms with Crippen LogP contribution in [0.2, 0.25) is 0 Å². The van der Waals surface area contributed by atoms with E-state index in [0.717, 1.165) is 5.33 Å². The lowest BCUT2D eigenvalue weighted by atomic mass is 9.82. The molecule has 8 heteroatoms. The fourth-order valence-corrected chi connectivity index (χ4v) is 3.19. The Morgan fingerprint density at radius 3 is 1.43 bits per heavy atom. The van der Waals surface area contributed by atoms with Crippen LogP contribution in [0.15, 0.2) is 0 Å². The average molecular weight is 466 g/mol. The first-order valence-corrected chi connectivity index (χ1v) is 10.7. The SMILES string of the molecule is CC(C)(C)OC(=O)CC1(CBr)COC1.CC(C)(C)OC(=O)CC1(CN)COC1. The van der Waals surface area contributed by atoms with Crippen LogP contribution in [-0.2, 0) is 28.5 Å². The molecule has 0 atom stereocenters. The molecule has 0 saturated carbocycles. The molecule has 2 fully saturated rings. The van der Waals surface area contributed by atoms with Gasteiger partial charge in [0.2, 0.25) is 0 Å². The third-order valence-electron chi connectivity index (χ3n) is 4.23. The van der Waals surface area contributed by atoms with E-state index in [1.807, 2.05) is 41.5 Å². The van der Waals surface area contributed by atoms with Gasteiger partial charge in [-0.2, -0.15) is 0 Å². The van der Waals surface area contributed by atoms with Crippen LogP contribution in [0, 0.1) is 10.8 Å². The summed E-state index contributed by atoms with van der Waals surface area (Å²) < 4.78 is 20.7. The number of hydrogen-bond acceptors (Lipinski definition) is 7. The van der Waals surface area contributed by atoms with E-state index < -0.39 is 11.2 Å². The summed E-state index contributed by atoms with van der Waals surface area (Å²) in [7, 11) is 0. The van der Waals surface area contributed by atoms with Gasteiger partial charge in [-0.25, -0.2) is 0 Å². The highest BCUT2D eigenvalue weighted by atomic mass is 79.9. The molecule has 0 spiro atoms. The van der Waals surface area contributed by atoms with Gasteiger partial charge in [-0.15, -0.1) is 0 Å². The van der Waals surface area contributed by atoms with Crippen LogP contribution in [0.3, 0.4) is 0 Å². The lowest BCUT2D eigenvalue weighted by Crippen LogP contribution is -2.50. The molecule has 2 N–H and O–H groups in total. The van der Waals surface area contributed by atoms with Crippen molar-refractivity contribution in [2.24, 2.45) is 16.6 Å². The minimum atomic E-state index is -0.419. The molecule has 2 aliphatic heterocycles. The van der Waals surface area contributed by atoms with Gasteiger partial charge in [0.25, 0.3) is 0 Å². The number of hydrogen-bond donors (Lipinski definition) is 1. The Morgan fingerprint density at radius 1 is 0.857 bits per heavy atom. The standard InChI is InChI=1S/C10H17BrO3.C10H19NO3/c2*1-9(2,3)14-8(12)4-10(5-11)6-13-7-10/h4-7H2,1-3H3;4-7,11H2,1-3H3. The molecule has 0 aromatic heterocycles. The summed E-state index contributed by atoms with van der Waals surface area (Å²) in [5, 5.41) is 0.791. The average Bonchev–Trinajstić information content (AvgIpc) is 2.44. The Bertz CT molecular complexity index is 471. The van der Waals surface area contributed by atoms with E-state index in [2.05, 4.69) is 15.9 Å². The first-order chi connectivity index (χ1) is 12.7. The maximum Gasteiger partial charge on any atom is 0.307 e. The summed E-state index contributed by atoms with van der Waals surface area (Å²) in [6.07, 6.45) is 0.802. The number of halogens is 1. The summed E-state index contributed by atoms with van der Waals surface area (Å²) in [5.74, 6) is -0.327. The van der Waals surface area contributed by atoms with Gasteiger partial charge in [-0.1, -0.05) is 15.9 Å². The van der Waals surface area contributed by atoms with Crippen molar-refractivity contribution in [2.45, 2.75) is 65.6 Å². The first-order valence-electron chi connectivity index (χ1n) is 9.59. The molecule has 2 aliphatic rings. The van der Waals surface area contributed by atoms with Crippen molar-refractivity contribution in [1.82, 2.24) is 0 Å². The normalized spacial score (nSPS) is 20.0. The van der Waals surface area contributed by atoms with E-state index in [-0.39, 0.29) is 22.8 Å². The predicted molar refractivity (Wildman–Crippen MR) is 110 cm³/mol. The zero-order chi connectivity index (χ0) is 21.6. The largest absolute Gasteiger partial charge is 0.460 e. The first kappa shape index (κ1) is 25.3. The number of ether oxygens (including phenoxy) is 4. The predicted octanol–water partition coefficient (Wildman–Crippen LogP) is 2.82. The maximum atomic E-state index is 11.5. The fraction of sp³-hybridized carbons (Fsp3) is 0.900. The van der Waals surface area contributed by atoms with E-state index in [9.17, 15) is 9.59 Å². The monoisotopic (exact) mass is 465 g/mol. The molecule has 0 unspecified atom stereocenters. The molecule has 0 amide bonds. The number of nitrogens with two attached hydrogens (primary N) is 1. The van der Waals surface area contributed by atoms with Crippen LogP contribution in [0.1, 0.15) is 54.4 Å². The van der Waals surface area contributed by atoms with E-state index in [4.69, 9.17) is 24.7 Å². The number of carbonyl (C=O) groups excluding carboxylic acids is 2. The van der Waals surface area contributed by atoms with Gasteiger partial charge in [0.15, 0.2) is 0 Å². The molecule has 0 bridgehead atoms. The van der Waals surface area contributed by atoms with Gasteiger partial charge in [-0.05, 0) is 41.5 Å². The van der Waals surface area contributed by atoms with Crippen molar-refractivity contribution >= 4 is 27.9 Å². The van der Waals surface area contributed by atoms with Gasteiger partial charge in [0.1, 0.15) is 11.2 Å². The molecular formula is C20H36BrNO6. The van der Waals surface area contributed by atoms with Crippen molar-refractivity contribution < 1.29 is 28.5 Å². The van der Waals surface area contributed by atoms with Gasteiger partial charge in [-0.3, -0.25) is 9.59 Å². The van der Waals surface area contributed by atoms with Gasteiger partial charge < -0.3 is 24.7 Å². The molecule has 2 saturated heterocycles. The van der Waals surface area contributed by atoms with Crippen molar-refractivity contribution in [1.29, 1.82) is 0 Å². The number of carbonyl (C=O) groups is 2. The van der Waals surface area contributed by atoms with Gasteiger partial charge in [0.05, 0.1) is 39.3 Å². The quantitative estimate of drug-likeness (QED) is 0.475. The van der Waals surface area contributed by atoms with Crippen LogP contribution >= 0.6 is 15.9 Å². The third-order valence-corrected chi connectivity index (χ3v) is 5.42. The highest BCUT2D eigenvalue weighted by Crippen LogP contribution is 2.34. The van der Waals surface area contributed by atoms with Crippen LogP contribution in [0.25, 0.3) is 0 Å². The topological polar surface area (TPSA) is 97.1 Å². The highest BCUT2D eigenvalue weighted by Gasteiger charge is 2.41. The smallest absolute Gasteiger partial charge is 0.307 e. The molecule has 0 aliphatic carbocycles. The van der Waals surface area contributed by atoms with Crippen molar-refractivity contribution in [3.8, 4) is 0 Å². The second-order valence-electron chi connectivity index (χ2n) is 9.85. The molecule has 0 aromatic rings. The summed E-state index contributed by atoms with van der Waals surface area (Å²) in [4.78, 5) is 23.0. The van der Waals surface area contributed by atoms with Crippen LogP contribution in [0.4, 0.5) is 0 Å². The maximum absolute atomic E-state index is 11.5. The third kappa shape index (κ3) is 8.76.